The first kappa shape index (κ1) is 16.4. The number of rotatable bonds is 2. The van der Waals surface area contributed by atoms with Crippen LogP contribution in [0.2, 0.25) is 0 Å². The molecular weight excluding hydrogens is 306 g/mol. The number of hydrogen-bond acceptors (Lipinski definition) is 0. The van der Waals surface area contributed by atoms with Crippen LogP contribution in [-0.4, -0.2) is 0 Å². The van der Waals surface area contributed by atoms with Crippen LogP contribution in [0.1, 0.15) is 27.8 Å². The Morgan fingerprint density at radius 1 is 0.818 bits per heavy atom. The molecule has 0 aliphatic rings. The molecule has 0 heterocycles. The van der Waals surface area contributed by atoms with Crippen molar-refractivity contribution in [3.8, 4) is 0 Å². The number of aryl methyl sites for hydroxylation is 1. The van der Waals surface area contributed by atoms with Gasteiger partial charge in [0.05, 0.1) is 11.1 Å². The zero-order valence-electron chi connectivity index (χ0n) is 11.5. The molecule has 0 saturated carbocycles. The Balaban J connectivity index is 2.43. The Labute approximate surface area is 123 Å². The van der Waals surface area contributed by atoms with Crippen molar-refractivity contribution in [2.75, 3.05) is 0 Å². The maximum atomic E-state index is 12.9. The van der Waals surface area contributed by atoms with Gasteiger partial charge in [0.15, 0.2) is 0 Å². The van der Waals surface area contributed by atoms with Gasteiger partial charge in [0, 0.05) is 0 Å². The van der Waals surface area contributed by atoms with Gasteiger partial charge in [0.2, 0.25) is 0 Å². The molecule has 0 aliphatic carbocycles. The summed E-state index contributed by atoms with van der Waals surface area (Å²) in [5.74, 6) is 0. The topological polar surface area (TPSA) is 0 Å². The molecule has 0 atom stereocenters. The monoisotopic (exact) mass is 318 g/mol. The number of halogens is 6. The minimum Gasteiger partial charge on any atom is -0.166 e. The van der Waals surface area contributed by atoms with E-state index in [1.165, 1.54) is 31.2 Å². The Bertz CT molecular complexity index is 667. The van der Waals surface area contributed by atoms with Crippen molar-refractivity contribution in [1.29, 1.82) is 0 Å². The summed E-state index contributed by atoms with van der Waals surface area (Å²) < 4.78 is 77.1. The van der Waals surface area contributed by atoms with Crippen molar-refractivity contribution in [3.63, 3.8) is 0 Å². The van der Waals surface area contributed by atoms with Crippen molar-refractivity contribution >= 4 is 0 Å². The molecule has 0 aromatic heterocycles. The predicted molar refractivity (Wildman–Crippen MR) is 70.4 cm³/mol. The molecule has 0 spiro atoms. The second-order valence-corrected chi connectivity index (χ2v) is 5.04. The second kappa shape index (κ2) is 5.66. The van der Waals surface area contributed by atoms with Crippen molar-refractivity contribution in [2.24, 2.45) is 0 Å². The van der Waals surface area contributed by atoms with E-state index in [0.29, 0.717) is 5.56 Å². The van der Waals surface area contributed by atoms with Gasteiger partial charge < -0.3 is 0 Å². The standard InChI is InChI=1S/C16H12F6/c1-10-6-11(9-13(7-10)15(17,18)19)8-12-4-2-3-5-14(12)16(20,21)22/h2-7,9H,8H2,1H3. The maximum Gasteiger partial charge on any atom is 0.416 e. The average molecular weight is 318 g/mol. The van der Waals surface area contributed by atoms with Crippen LogP contribution in [0, 0.1) is 6.92 Å². The third-order valence-electron chi connectivity index (χ3n) is 3.18. The summed E-state index contributed by atoms with van der Waals surface area (Å²) in [4.78, 5) is 0. The van der Waals surface area contributed by atoms with E-state index >= 15 is 0 Å². The van der Waals surface area contributed by atoms with Crippen LogP contribution < -0.4 is 0 Å². The molecule has 0 bridgehead atoms. The van der Waals surface area contributed by atoms with Gasteiger partial charge >= 0.3 is 12.4 Å². The first-order valence-corrected chi connectivity index (χ1v) is 6.40. The summed E-state index contributed by atoms with van der Waals surface area (Å²) in [7, 11) is 0. The van der Waals surface area contributed by atoms with Crippen LogP contribution in [0.5, 0.6) is 0 Å². The Kier molecular flexibility index (Phi) is 4.22. The highest BCUT2D eigenvalue weighted by molar-refractivity contribution is 5.38. The summed E-state index contributed by atoms with van der Waals surface area (Å²) in [6, 6.07) is 8.21. The summed E-state index contributed by atoms with van der Waals surface area (Å²) in [6.07, 6.45) is -9.27. The molecular formula is C16H12F6. The molecule has 6 heteroatoms. The van der Waals surface area contributed by atoms with Gasteiger partial charge in [-0.1, -0.05) is 29.8 Å². The van der Waals surface area contributed by atoms with E-state index in [9.17, 15) is 26.3 Å². The van der Waals surface area contributed by atoms with Crippen molar-refractivity contribution in [1.82, 2.24) is 0 Å². The van der Waals surface area contributed by atoms with Crippen LogP contribution >= 0.6 is 0 Å². The SMILES string of the molecule is Cc1cc(Cc2ccccc2C(F)(F)F)cc(C(F)(F)F)c1. The van der Waals surface area contributed by atoms with E-state index in [-0.39, 0.29) is 17.5 Å². The predicted octanol–water partition coefficient (Wildman–Crippen LogP) is 5.62. The quantitative estimate of drug-likeness (QED) is 0.630. The molecule has 118 valence electrons. The van der Waals surface area contributed by atoms with Gasteiger partial charge in [0.1, 0.15) is 0 Å². The molecule has 0 N–H and O–H groups in total. The zero-order valence-corrected chi connectivity index (χ0v) is 11.5. The summed E-state index contributed by atoms with van der Waals surface area (Å²) in [5.41, 5.74) is -1.18. The Hall–Kier alpha value is -1.98. The lowest BCUT2D eigenvalue weighted by molar-refractivity contribution is -0.139. The lowest BCUT2D eigenvalue weighted by Gasteiger charge is -2.14. The van der Waals surface area contributed by atoms with Gasteiger partial charge in [-0.15, -0.1) is 0 Å². The molecule has 0 aliphatic heterocycles. The van der Waals surface area contributed by atoms with E-state index in [1.807, 2.05) is 0 Å². The highest BCUT2D eigenvalue weighted by atomic mass is 19.4. The van der Waals surface area contributed by atoms with Gasteiger partial charge in [-0.25, -0.2) is 0 Å². The maximum absolute atomic E-state index is 12.9. The molecule has 22 heavy (non-hydrogen) atoms. The fourth-order valence-corrected chi connectivity index (χ4v) is 2.30. The van der Waals surface area contributed by atoms with Gasteiger partial charge in [-0.3, -0.25) is 0 Å². The minimum absolute atomic E-state index is 0.0475. The number of hydrogen-bond donors (Lipinski definition) is 0. The summed E-state index contributed by atoms with van der Waals surface area (Å²) in [6.45, 7) is 1.48. The average Bonchev–Trinajstić information content (AvgIpc) is 2.36. The van der Waals surface area contributed by atoms with Crippen molar-refractivity contribution in [2.45, 2.75) is 25.7 Å². The molecule has 2 aromatic carbocycles. The first-order valence-electron chi connectivity index (χ1n) is 6.40. The molecule has 0 radical (unpaired) electrons. The van der Waals surface area contributed by atoms with E-state index in [4.69, 9.17) is 0 Å². The highest BCUT2D eigenvalue weighted by Crippen LogP contribution is 2.34. The third kappa shape index (κ3) is 3.81. The van der Waals surface area contributed by atoms with Gasteiger partial charge in [-0.2, -0.15) is 26.3 Å². The molecule has 0 unspecified atom stereocenters. The van der Waals surface area contributed by atoms with Crippen LogP contribution in [0.15, 0.2) is 42.5 Å². The van der Waals surface area contributed by atoms with E-state index in [2.05, 4.69) is 0 Å². The smallest absolute Gasteiger partial charge is 0.166 e. The molecule has 0 amide bonds. The molecule has 0 nitrogen and oxygen atoms in total. The van der Waals surface area contributed by atoms with Crippen LogP contribution in [0.25, 0.3) is 0 Å². The molecule has 0 saturated heterocycles. The van der Waals surface area contributed by atoms with E-state index < -0.39 is 23.5 Å². The van der Waals surface area contributed by atoms with E-state index in [1.54, 1.807) is 0 Å². The first-order chi connectivity index (χ1) is 10.1. The lowest BCUT2D eigenvalue weighted by Crippen LogP contribution is -2.10. The van der Waals surface area contributed by atoms with Crippen molar-refractivity contribution < 1.29 is 26.3 Å². The highest BCUT2D eigenvalue weighted by Gasteiger charge is 2.33. The van der Waals surface area contributed by atoms with Crippen molar-refractivity contribution in [3.05, 3.63) is 70.3 Å². The van der Waals surface area contributed by atoms with Crippen LogP contribution in [0.3, 0.4) is 0 Å². The normalized spacial score (nSPS) is 12.5. The molecule has 0 fully saturated rings. The Morgan fingerprint density at radius 2 is 1.45 bits per heavy atom. The van der Waals surface area contributed by atoms with Crippen LogP contribution in [-0.2, 0) is 18.8 Å². The largest absolute Gasteiger partial charge is 0.416 e. The van der Waals surface area contributed by atoms with E-state index in [0.717, 1.165) is 18.2 Å². The summed E-state index contributed by atoms with van der Waals surface area (Å²) in [5, 5.41) is 0. The zero-order chi connectivity index (χ0) is 16.5. The van der Waals surface area contributed by atoms with Gasteiger partial charge in [0.25, 0.3) is 0 Å². The third-order valence-corrected chi connectivity index (χ3v) is 3.18. The fraction of sp³-hybridized carbons (Fsp3) is 0.250. The molecule has 2 aromatic rings. The van der Waals surface area contributed by atoms with Gasteiger partial charge in [-0.05, 0) is 42.7 Å². The molecule has 2 rings (SSSR count). The Morgan fingerprint density at radius 3 is 2.05 bits per heavy atom. The number of alkyl halides is 6. The minimum atomic E-state index is -4.53. The van der Waals surface area contributed by atoms with Crippen LogP contribution in [0.4, 0.5) is 26.3 Å². The lowest BCUT2D eigenvalue weighted by atomic mass is 9.96. The summed E-state index contributed by atoms with van der Waals surface area (Å²) >= 11 is 0. The number of benzene rings is 2. The second-order valence-electron chi connectivity index (χ2n) is 5.04. The fourth-order valence-electron chi connectivity index (χ4n) is 2.30.